The molecule has 0 aromatic heterocycles. The van der Waals surface area contributed by atoms with Crippen LogP contribution in [0.25, 0.3) is 0 Å². The Morgan fingerprint density at radius 1 is 1.35 bits per heavy atom. The number of aliphatic hydroxyl groups excluding tert-OH is 3. The van der Waals surface area contributed by atoms with Gasteiger partial charge in [-0.25, -0.2) is 0 Å². The fraction of sp³-hybridized carbons (Fsp3) is 0.846. The molecule has 2 bridgehead atoms. The number of hydrogen-bond donors (Lipinski definition) is 3. The van der Waals surface area contributed by atoms with Crippen LogP contribution in [-0.2, 0) is 4.74 Å². The van der Waals surface area contributed by atoms with Crippen molar-refractivity contribution in [3.05, 3.63) is 12.2 Å². The highest BCUT2D eigenvalue weighted by atomic mass is 16.5. The Hall–Kier alpha value is -0.420. The molecule has 6 atom stereocenters. The lowest BCUT2D eigenvalue weighted by Crippen LogP contribution is -2.55. The maximum Gasteiger partial charge on any atom is 0.0882 e. The van der Waals surface area contributed by atoms with Crippen LogP contribution < -0.4 is 0 Å². The van der Waals surface area contributed by atoms with Crippen LogP contribution in [-0.4, -0.2) is 45.8 Å². The van der Waals surface area contributed by atoms with Gasteiger partial charge in [0.15, 0.2) is 0 Å². The van der Waals surface area contributed by atoms with Crippen molar-refractivity contribution in [1.82, 2.24) is 0 Å². The lowest BCUT2D eigenvalue weighted by Gasteiger charge is -2.46. The molecule has 0 unspecified atom stereocenters. The first kappa shape index (κ1) is 13.0. The molecular weight excluding hydrogens is 220 g/mol. The van der Waals surface area contributed by atoms with Crippen molar-refractivity contribution < 1.29 is 20.1 Å². The Kier molecular flexibility index (Phi) is 3.11. The molecule has 2 fully saturated rings. The Morgan fingerprint density at radius 3 is 2.59 bits per heavy atom. The average Bonchev–Trinajstić information content (AvgIpc) is 2.43. The molecule has 2 aliphatic rings. The van der Waals surface area contributed by atoms with Crippen LogP contribution in [0.1, 0.15) is 27.2 Å². The summed E-state index contributed by atoms with van der Waals surface area (Å²) in [6.07, 6.45) is 2.06. The van der Waals surface area contributed by atoms with Gasteiger partial charge in [0.2, 0.25) is 0 Å². The Morgan fingerprint density at radius 2 is 2.00 bits per heavy atom. The molecular formula is C13H22O4. The van der Waals surface area contributed by atoms with E-state index < -0.39 is 29.3 Å². The second-order valence-electron chi connectivity index (χ2n) is 5.93. The number of aliphatic hydroxyl groups is 3. The first-order chi connectivity index (χ1) is 7.79. The number of hydrogen-bond acceptors (Lipinski definition) is 4. The van der Waals surface area contributed by atoms with E-state index in [1.807, 2.05) is 19.9 Å². The summed E-state index contributed by atoms with van der Waals surface area (Å²) in [5.74, 6) is 0.0167. The molecule has 0 aromatic rings. The van der Waals surface area contributed by atoms with Crippen molar-refractivity contribution in [2.24, 2.45) is 11.3 Å². The van der Waals surface area contributed by atoms with Gasteiger partial charge in [-0.2, -0.15) is 0 Å². The molecule has 1 aliphatic carbocycles. The van der Waals surface area contributed by atoms with Gasteiger partial charge in [0.1, 0.15) is 0 Å². The van der Waals surface area contributed by atoms with Gasteiger partial charge >= 0.3 is 0 Å². The summed E-state index contributed by atoms with van der Waals surface area (Å²) in [4.78, 5) is 0. The summed E-state index contributed by atoms with van der Waals surface area (Å²) in [6, 6.07) is 0. The topological polar surface area (TPSA) is 69.9 Å². The lowest BCUT2D eigenvalue weighted by molar-refractivity contribution is -0.113. The Bertz CT molecular complexity index is 327. The van der Waals surface area contributed by atoms with Gasteiger partial charge in [0.05, 0.1) is 30.5 Å². The predicted octanol–water partition coefficient (Wildman–Crippen LogP) is 0.460. The van der Waals surface area contributed by atoms with Crippen molar-refractivity contribution in [1.29, 1.82) is 0 Å². The highest BCUT2D eigenvalue weighted by molar-refractivity contribution is 5.17. The summed E-state index contributed by atoms with van der Waals surface area (Å²) >= 11 is 0. The third-order valence-electron chi connectivity index (χ3n) is 4.32. The first-order valence-corrected chi connectivity index (χ1v) is 6.16. The van der Waals surface area contributed by atoms with E-state index in [0.717, 1.165) is 0 Å². The number of ether oxygens (including phenoxy) is 1. The highest BCUT2D eigenvalue weighted by Crippen LogP contribution is 2.54. The van der Waals surface area contributed by atoms with Gasteiger partial charge in [-0.3, -0.25) is 0 Å². The highest BCUT2D eigenvalue weighted by Gasteiger charge is 2.61. The minimum atomic E-state index is -0.776. The van der Waals surface area contributed by atoms with Crippen molar-refractivity contribution in [3.63, 3.8) is 0 Å². The van der Waals surface area contributed by atoms with E-state index in [2.05, 4.69) is 0 Å². The average molecular weight is 242 g/mol. The summed E-state index contributed by atoms with van der Waals surface area (Å²) in [7, 11) is 0. The summed E-state index contributed by atoms with van der Waals surface area (Å²) in [5.41, 5.74) is -0.920. The zero-order valence-electron chi connectivity index (χ0n) is 10.6. The molecule has 98 valence electrons. The van der Waals surface area contributed by atoms with Crippen molar-refractivity contribution in [3.8, 4) is 0 Å². The van der Waals surface area contributed by atoms with E-state index in [0.29, 0.717) is 13.0 Å². The van der Waals surface area contributed by atoms with Gasteiger partial charge in [-0.15, -0.1) is 0 Å². The van der Waals surface area contributed by atoms with Gasteiger partial charge in [0.25, 0.3) is 0 Å². The second-order valence-corrected chi connectivity index (χ2v) is 5.93. The lowest BCUT2D eigenvalue weighted by atomic mass is 9.61. The van der Waals surface area contributed by atoms with Crippen molar-refractivity contribution in [2.45, 2.75) is 51.1 Å². The van der Waals surface area contributed by atoms with E-state index in [4.69, 9.17) is 4.74 Å². The second kappa shape index (κ2) is 4.05. The molecule has 0 spiro atoms. The molecule has 4 heteroatoms. The van der Waals surface area contributed by atoms with Crippen molar-refractivity contribution in [2.75, 3.05) is 6.61 Å². The first-order valence-electron chi connectivity index (χ1n) is 6.16. The third kappa shape index (κ3) is 1.93. The monoisotopic (exact) mass is 242 g/mol. The van der Waals surface area contributed by atoms with Crippen LogP contribution in [0.2, 0.25) is 0 Å². The molecule has 0 radical (unpaired) electrons. The van der Waals surface area contributed by atoms with Crippen LogP contribution >= 0.6 is 0 Å². The van der Waals surface area contributed by atoms with Crippen LogP contribution in [0.15, 0.2) is 12.2 Å². The van der Waals surface area contributed by atoms with Gasteiger partial charge < -0.3 is 20.1 Å². The van der Waals surface area contributed by atoms with E-state index >= 15 is 0 Å². The summed E-state index contributed by atoms with van der Waals surface area (Å²) in [6.45, 7) is 6.03. The van der Waals surface area contributed by atoms with Crippen LogP contribution in [0.3, 0.4) is 0 Å². The number of fused-ring (bicyclic) bond motifs is 2. The summed E-state index contributed by atoms with van der Waals surface area (Å²) in [5, 5.41) is 29.3. The SMILES string of the molecule is C[C@@H](O)C=C[C@@H]1[C@@]2(C)CO[C@]1(C)C[C@@H](O)[C@@H]2O. The fourth-order valence-electron chi connectivity index (χ4n) is 3.31. The molecule has 0 amide bonds. The molecule has 2 rings (SSSR count). The molecule has 1 saturated carbocycles. The van der Waals surface area contributed by atoms with Gasteiger partial charge in [-0.05, 0) is 13.8 Å². The maximum absolute atomic E-state index is 10.1. The normalized spacial score (nSPS) is 52.0. The molecule has 0 aromatic carbocycles. The van der Waals surface area contributed by atoms with Crippen LogP contribution in [0.4, 0.5) is 0 Å². The van der Waals surface area contributed by atoms with Gasteiger partial charge in [-0.1, -0.05) is 19.1 Å². The molecule has 4 nitrogen and oxygen atoms in total. The van der Waals surface area contributed by atoms with E-state index in [-0.39, 0.29) is 5.92 Å². The number of rotatable bonds is 2. The minimum Gasteiger partial charge on any atom is -0.390 e. The van der Waals surface area contributed by atoms with Crippen LogP contribution in [0.5, 0.6) is 0 Å². The predicted molar refractivity (Wildman–Crippen MR) is 63.4 cm³/mol. The standard InChI is InChI=1S/C13H22O4/c1-8(14)4-5-10-12(2)7-17-13(10,3)6-9(15)11(12)16/h4-5,8-11,14-16H,6-7H2,1-3H3/t8-,9-,10-,11+,12-,13-/m1/s1. The molecule has 1 heterocycles. The van der Waals surface area contributed by atoms with E-state index in [9.17, 15) is 15.3 Å². The van der Waals surface area contributed by atoms with E-state index in [1.165, 1.54) is 0 Å². The Balaban J connectivity index is 2.31. The fourth-order valence-corrected chi connectivity index (χ4v) is 3.31. The largest absolute Gasteiger partial charge is 0.390 e. The molecule has 1 aliphatic heterocycles. The third-order valence-corrected chi connectivity index (χ3v) is 4.32. The van der Waals surface area contributed by atoms with E-state index in [1.54, 1.807) is 13.0 Å². The minimum absolute atomic E-state index is 0.0167. The smallest absolute Gasteiger partial charge is 0.0882 e. The maximum atomic E-state index is 10.1. The van der Waals surface area contributed by atoms with Crippen LogP contribution in [0, 0.1) is 11.3 Å². The molecule has 17 heavy (non-hydrogen) atoms. The summed E-state index contributed by atoms with van der Waals surface area (Å²) < 4.78 is 5.80. The quantitative estimate of drug-likeness (QED) is 0.615. The van der Waals surface area contributed by atoms with Gasteiger partial charge in [0, 0.05) is 17.8 Å². The van der Waals surface area contributed by atoms with Crippen molar-refractivity contribution >= 4 is 0 Å². The zero-order chi connectivity index (χ0) is 12.8. The molecule has 3 N–H and O–H groups in total. The Labute approximate surface area is 102 Å². The zero-order valence-corrected chi connectivity index (χ0v) is 10.6. The molecule has 1 saturated heterocycles.